The lowest BCUT2D eigenvalue weighted by molar-refractivity contribution is 0.161. The normalized spacial score (nSPS) is 13.2. The molecule has 0 heterocycles. The zero-order valence-corrected chi connectivity index (χ0v) is 14.4. The molecule has 0 aliphatic heterocycles. The highest BCUT2D eigenvalue weighted by Gasteiger charge is 2.18. The number of hydrogen-bond donors (Lipinski definition) is 3. The van der Waals surface area contributed by atoms with Crippen molar-refractivity contribution in [1.29, 1.82) is 0 Å². The van der Waals surface area contributed by atoms with E-state index < -0.39 is 12.2 Å². The van der Waals surface area contributed by atoms with Crippen molar-refractivity contribution in [2.75, 3.05) is 18.0 Å². The van der Waals surface area contributed by atoms with E-state index in [2.05, 4.69) is 0 Å². The van der Waals surface area contributed by atoms with Crippen LogP contribution in [0.5, 0.6) is 5.75 Å². The minimum absolute atomic E-state index is 0.181. The molecule has 0 fully saturated rings. The summed E-state index contributed by atoms with van der Waals surface area (Å²) in [6.07, 6.45) is -1.37. The molecule has 26 heavy (non-hydrogen) atoms. The first-order chi connectivity index (χ1) is 12.6. The maximum atomic E-state index is 10.6. The van der Waals surface area contributed by atoms with Crippen LogP contribution < -0.4 is 4.90 Å². The van der Waals surface area contributed by atoms with Gasteiger partial charge in [-0.25, -0.2) is 0 Å². The van der Waals surface area contributed by atoms with E-state index in [-0.39, 0.29) is 5.75 Å². The van der Waals surface area contributed by atoms with E-state index in [0.717, 1.165) is 16.8 Å². The number of aliphatic hydroxyl groups is 2. The van der Waals surface area contributed by atoms with Gasteiger partial charge in [-0.05, 0) is 35.4 Å². The summed E-state index contributed by atoms with van der Waals surface area (Å²) in [6.45, 7) is 0.664. The van der Waals surface area contributed by atoms with Crippen LogP contribution in [-0.2, 0) is 0 Å². The Hall–Kier alpha value is -2.82. The van der Waals surface area contributed by atoms with Gasteiger partial charge in [-0.2, -0.15) is 0 Å². The maximum absolute atomic E-state index is 10.6. The number of phenols is 1. The molecule has 0 spiro atoms. The molecule has 0 saturated heterocycles. The van der Waals surface area contributed by atoms with Crippen molar-refractivity contribution in [2.45, 2.75) is 12.2 Å². The van der Waals surface area contributed by atoms with Gasteiger partial charge in [0.05, 0.1) is 12.2 Å². The largest absolute Gasteiger partial charge is 0.508 e. The molecule has 0 aliphatic carbocycles. The lowest BCUT2D eigenvalue weighted by Gasteiger charge is -2.30. The zero-order chi connectivity index (χ0) is 18.4. The van der Waals surface area contributed by atoms with Gasteiger partial charge in [0.25, 0.3) is 0 Å². The first-order valence-electron chi connectivity index (χ1n) is 8.63. The molecule has 3 N–H and O–H groups in total. The Morgan fingerprint density at radius 3 is 1.46 bits per heavy atom. The second kappa shape index (κ2) is 8.52. The Kier molecular flexibility index (Phi) is 5.89. The zero-order valence-electron chi connectivity index (χ0n) is 14.4. The summed E-state index contributed by atoms with van der Waals surface area (Å²) in [6, 6.07) is 25.7. The number of aliphatic hydroxyl groups excluding tert-OH is 2. The molecule has 4 nitrogen and oxygen atoms in total. The molecule has 2 unspecified atom stereocenters. The van der Waals surface area contributed by atoms with Crippen LogP contribution in [0.2, 0.25) is 0 Å². The molecule has 3 rings (SSSR count). The van der Waals surface area contributed by atoms with Crippen molar-refractivity contribution in [3.8, 4) is 5.75 Å². The molecule has 134 valence electrons. The molecule has 3 aromatic rings. The molecule has 0 radical (unpaired) electrons. The summed E-state index contributed by atoms with van der Waals surface area (Å²) < 4.78 is 0. The Bertz CT molecular complexity index is 743. The van der Waals surface area contributed by atoms with Crippen LogP contribution in [0.1, 0.15) is 23.3 Å². The minimum atomic E-state index is -0.687. The highest BCUT2D eigenvalue weighted by molar-refractivity contribution is 5.49. The lowest BCUT2D eigenvalue weighted by Crippen LogP contribution is -2.32. The van der Waals surface area contributed by atoms with Crippen molar-refractivity contribution >= 4 is 5.69 Å². The Balaban J connectivity index is 1.80. The van der Waals surface area contributed by atoms with E-state index in [1.807, 2.05) is 65.6 Å². The Labute approximate surface area is 153 Å². The molecule has 2 atom stereocenters. The van der Waals surface area contributed by atoms with E-state index in [4.69, 9.17) is 0 Å². The molecule has 0 saturated carbocycles. The van der Waals surface area contributed by atoms with E-state index in [9.17, 15) is 15.3 Å². The Morgan fingerprint density at radius 2 is 1.04 bits per heavy atom. The van der Waals surface area contributed by atoms with Crippen molar-refractivity contribution in [3.63, 3.8) is 0 Å². The van der Waals surface area contributed by atoms with E-state index in [0.29, 0.717) is 13.1 Å². The fourth-order valence-corrected chi connectivity index (χ4v) is 2.93. The smallest absolute Gasteiger partial charge is 0.115 e. The SMILES string of the molecule is Oc1ccc(N(CC(O)c2ccccc2)CC(O)c2ccccc2)cc1. The molecule has 4 heteroatoms. The molecule has 0 aliphatic rings. The third-order valence-electron chi connectivity index (χ3n) is 4.37. The molecule has 0 amide bonds. The summed E-state index contributed by atoms with van der Waals surface area (Å²) >= 11 is 0. The Morgan fingerprint density at radius 1 is 0.615 bits per heavy atom. The maximum Gasteiger partial charge on any atom is 0.115 e. The fourth-order valence-electron chi connectivity index (χ4n) is 2.93. The van der Waals surface area contributed by atoms with Crippen LogP contribution in [0.4, 0.5) is 5.69 Å². The van der Waals surface area contributed by atoms with Crippen molar-refractivity contribution in [1.82, 2.24) is 0 Å². The standard InChI is InChI=1S/C22H23NO3/c24-20-13-11-19(12-14-20)23(15-21(25)17-7-3-1-4-8-17)16-22(26)18-9-5-2-6-10-18/h1-14,21-22,24-26H,15-16H2. The molecular weight excluding hydrogens is 326 g/mol. The first kappa shape index (κ1) is 18.0. The average Bonchev–Trinajstić information content (AvgIpc) is 2.69. The monoisotopic (exact) mass is 349 g/mol. The van der Waals surface area contributed by atoms with Gasteiger partial charge >= 0.3 is 0 Å². The third kappa shape index (κ3) is 4.63. The number of anilines is 1. The van der Waals surface area contributed by atoms with E-state index in [1.165, 1.54) is 0 Å². The first-order valence-corrected chi connectivity index (χ1v) is 8.63. The predicted molar refractivity (Wildman–Crippen MR) is 103 cm³/mol. The van der Waals surface area contributed by atoms with E-state index >= 15 is 0 Å². The second-order valence-electron chi connectivity index (χ2n) is 6.27. The van der Waals surface area contributed by atoms with Crippen LogP contribution in [-0.4, -0.2) is 28.4 Å². The van der Waals surface area contributed by atoms with Gasteiger partial charge in [-0.1, -0.05) is 60.7 Å². The quantitative estimate of drug-likeness (QED) is 0.609. The number of benzene rings is 3. The molecule has 0 aromatic heterocycles. The van der Waals surface area contributed by atoms with E-state index in [1.54, 1.807) is 24.3 Å². The summed E-state index contributed by atoms with van der Waals surface area (Å²) in [5.41, 5.74) is 2.48. The van der Waals surface area contributed by atoms with Gasteiger partial charge in [0.1, 0.15) is 5.75 Å². The van der Waals surface area contributed by atoms with Gasteiger partial charge in [0, 0.05) is 18.8 Å². The van der Waals surface area contributed by atoms with Crippen LogP contribution >= 0.6 is 0 Å². The van der Waals surface area contributed by atoms with Crippen LogP contribution in [0.25, 0.3) is 0 Å². The van der Waals surface area contributed by atoms with Crippen LogP contribution in [0.3, 0.4) is 0 Å². The molecule has 0 bridgehead atoms. The van der Waals surface area contributed by atoms with Gasteiger partial charge in [-0.3, -0.25) is 0 Å². The minimum Gasteiger partial charge on any atom is -0.508 e. The van der Waals surface area contributed by atoms with Gasteiger partial charge in [-0.15, -0.1) is 0 Å². The second-order valence-corrected chi connectivity index (χ2v) is 6.27. The third-order valence-corrected chi connectivity index (χ3v) is 4.37. The lowest BCUT2D eigenvalue weighted by atomic mass is 10.1. The summed E-state index contributed by atoms with van der Waals surface area (Å²) in [5.74, 6) is 0.181. The van der Waals surface area contributed by atoms with Gasteiger partial charge < -0.3 is 20.2 Å². The highest BCUT2D eigenvalue weighted by Crippen LogP contribution is 2.25. The highest BCUT2D eigenvalue weighted by atomic mass is 16.3. The molecular formula is C22H23NO3. The van der Waals surface area contributed by atoms with Crippen molar-refractivity contribution in [3.05, 3.63) is 96.1 Å². The van der Waals surface area contributed by atoms with Crippen LogP contribution in [0.15, 0.2) is 84.9 Å². The summed E-state index contributed by atoms with van der Waals surface area (Å²) in [7, 11) is 0. The predicted octanol–water partition coefficient (Wildman–Crippen LogP) is 3.67. The average molecular weight is 349 g/mol. The summed E-state index contributed by atoms with van der Waals surface area (Å²) in [5, 5.41) is 30.8. The van der Waals surface area contributed by atoms with Crippen molar-refractivity contribution < 1.29 is 15.3 Å². The topological polar surface area (TPSA) is 63.9 Å². The van der Waals surface area contributed by atoms with Gasteiger partial charge in [0.15, 0.2) is 0 Å². The number of phenolic OH excluding ortho intramolecular Hbond substituents is 1. The number of hydrogen-bond acceptors (Lipinski definition) is 4. The fraction of sp³-hybridized carbons (Fsp3) is 0.182. The van der Waals surface area contributed by atoms with Gasteiger partial charge in [0.2, 0.25) is 0 Å². The number of aromatic hydroxyl groups is 1. The van der Waals surface area contributed by atoms with Crippen LogP contribution in [0, 0.1) is 0 Å². The molecule has 3 aromatic carbocycles. The van der Waals surface area contributed by atoms with Crippen molar-refractivity contribution in [2.24, 2.45) is 0 Å². The summed E-state index contributed by atoms with van der Waals surface area (Å²) in [4.78, 5) is 1.93. The number of nitrogens with zero attached hydrogens (tertiary/aromatic N) is 1. The number of rotatable bonds is 7.